The van der Waals surface area contributed by atoms with Crippen LogP contribution in [0, 0.1) is 6.92 Å². The van der Waals surface area contributed by atoms with Crippen molar-refractivity contribution in [2.24, 2.45) is 0 Å². The molecule has 0 bridgehead atoms. The molecule has 5 heteroatoms. The summed E-state index contributed by atoms with van der Waals surface area (Å²) in [5.41, 5.74) is 10.4. The molecule has 19 heavy (non-hydrogen) atoms. The number of likely N-dealkylation sites (N-methyl/N-ethyl adjacent to an activating group) is 1. The molecule has 2 N–H and O–H groups in total. The fourth-order valence-corrected chi connectivity index (χ4v) is 2.59. The van der Waals surface area contributed by atoms with Crippen LogP contribution in [0.15, 0.2) is 22.7 Å². The van der Waals surface area contributed by atoms with Gasteiger partial charge in [-0.1, -0.05) is 0 Å². The van der Waals surface area contributed by atoms with Gasteiger partial charge in [-0.05, 0) is 53.0 Å². The molecule has 0 spiro atoms. The molecule has 0 aliphatic carbocycles. The summed E-state index contributed by atoms with van der Waals surface area (Å²) in [5.74, 6) is 1.18. The van der Waals surface area contributed by atoms with Crippen LogP contribution in [0.5, 0.6) is 0 Å². The number of fused-ring (bicyclic) bond motifs is 1. The first-order valence-electron chi connectivity index (χ1n) is 6.20. The summed E-state index contributed by atoms with van der Waals surface area (Å²) in [7, 11) is 2.11. The Bertz CT molecular complexity index is 631. The number of nitrogen functional groups attached to an aromatic ring is 1. The normalized spacial score (nSPS) is 13.7. The predicted octanol–water partition coefficient (Wildman–Crippen LogP) is 2.79. The minimum atomic E-state index is 0.486. The van der Waals surface area contributed by atoms with Crippen LogP contribution in [0.25, 0.3) is 11.4 Å². The predicted molar refractivity (Wildman–Crippen MR) is 81.3 cm³/mol. The van der Waals surface area contributed by atoms with Gasteiger partial charge in [-0.25, -0.2) is 9.97 Å². The van der Waals surface area contributed by atoms with E-state index in [2.05, 4.69) is 56.0 Å². The molecule has 4 nitrogen and oxygen atoms in total. The van der Waals surface area contributed by atoms with Crippen LogP contribution in [0.3, 0.4) is 0 Å². The minimum absolute atomic E-state index is 0.486. The lowest BCUT2D eigenvalue weighted by Gasteiger charge is -2.12. The van der Waals surface area contributed by atoms with Gasteiger partial charge in [0, 0.05) is 24.8 Å². The fraction of sp³-hybridized carbons (Fsp3) is 0.286. The Balaban J connectivity index is 2.08. The van der Waals surface area contributed by atoms with Crippen molar-refractivity contribution in [3.8, 4) is 11.4 Å². The van der Waals surface area contributed by atoms with E-state index in [0.717, 1.165) is 28.7 Å². The zero-order valence-corrected chi connectivity index (χ0v) is 12.5. The molecular formula is C14H15BrN4. The summed E-state index contributed by atoms with van der Waals surface area (Å²) in [5, 5.41) is 0. The smallest absolute Gasteiger partial charge is 0.161 e. The molecule has 0 radical (unpaired) electrons. The average molecular weight is 319 g/mol. The first-order chi connectivity index (χ1) is 9.06. The third kappa shape index (κ3) is 2.08. The highest BCUT2D eigenvalue weighted by Crippen LogP contribution is 2.31. The Hall–Kier alpha value is -1.62. The summed E-state index contributed by atoms with van der Waals surface area (Å²) in [4.78, 5) is 11.1. The summed E-state index contributed by atoms with van der Waals surface area (Å²) in [6.45, 7) is 2.99. The van der Waals surface area contributed by atoms with Crippen LogP contribution < -0.4 is 10.6 Å². The van der Waals surface area contributed by atoms with E-state index in [9.17, 15) is 0 Å². The molecule has 2 heterocycles. The van der Waals surface area contributed by atoms with E-state index in [0.29, 0.717) is 11.6 Å². The minimum Gasteiger partial charge on any atom is -0.383 e. The number of nitrogens with zero attached hydrogens (tertiary/aromatic N) is 3. The van der Waals surface area contributed by atoms with Crippen molar-refractivity contribution in [1.29, 1.82) is 0 Å². The van der Waals surface area contributed by atoms with Crippen molar-refractivity contribution in [2.45, 2.75) is 13.3 Å². The monoisotopic (exact) mass is 318 g/mol. The highest BCUT2D eigenvalue weighted by atomic mass is 79.9. The number of rotatable bonds is 1. The first-order valence-corrected chi connectivity index (χ1v) is 6.99. The number of halogens is 1. The molecular weight excluding hydrogens is 304 g/mol. The maximum Gasteiger partial charge on any atom is 0.161 e. The van der Waals surface area contributed by atoms with E-state index in [-0.39, 0.29) is 0 Å². The van der Waals surface area contributed by atoms with Gasteiger partial charge in [-0.3, -0.25) is 0 Å². The molecule has 2 aromatic rings. The van der Waals surface area contributed by atoms with E-state index in [1.54, 1.807) is 0 Å². The van der Waals surface area contributed by atoms with Crippen LogP contribution >= 0.6 is 15.9 Å². The van der Waals surface area contributed by atoms with Gasteiger partial charge >= 0.3 is 0 Å². The van der Waals surface area contributed by atoms with Crippen LogP contribution in [0.1, 0.15) is 11.3 Å². The molecule has 1 aliphatic heterocycles. The van der Waals surface area contributed by atoms with E-state index < -0.39 is 0 Å². The van der Waals surface area contributed by atoms with Gasteiger partial charge in [0.1, 0.15) is 5.82 Å². The summed E-state index contributed by atoms with van der Waals surface area (Å²) < 4.78 is 0.775. The van der Waals surface area contributed by atoms with Crippen LogP contribution in [0.4, 0.5) is 11.5 Å². The van der Waals surface area contributed by atoms with E-state index in [1.807, 2.05) is 6.92 Å². The summed E-state index contributed by atoms with van der Waals surface area (Å²) >= 11 is 3.39. The lowest BCUT2D eigenvalue weighted by Crippen LogP contribution is -2.12. The Morgan fingerprint density at radius 1 is 1.32 bits per heavy atom. The number of benzene rings is 1. The van der Waals surface area contributed by atoms with Crippen molar-refractivity contribution < 1.29 is 0 Å². The van der Waals surface area contributed by atoms with Crippen LogP contribution in [-0.2, 0) is 6.42 Å². The van der Waals surface area contributed by atoms with Gasteiger partial charge in [0.15, 0.2) is 5.82 Å². The molecule has 98 valence electrons. The zero-order chi connectivity index (χ0) is 13.6. The first kappa shape index (κ1) is 12.4. The van der Waals surface area contributed by atoms with Gasteiger partial charge in [0.25, 0.3) is 0 Å². The molecule has 1 aromatic carbocycles. The second kappa shape index (κ2) is 4.49. The number of hydrogen-bond donors (Lipinski definition) is 1. The van der Waals surface area contributed by atoms with Crippen molar-refractivity contribution in [3.05, 3.63) is 33.9 Å². The van der Waals surface area contributed by atoms with Gasteiger partial charge in [-0.15, -0.1) is 0 Å². The Labute approximate surface area is 120 Å². The third-order valence-electron chi connectivity index (χ3n) is 3.51. The Morgan fingerprint density at radius 2 is 2.11 bits per heavy atom. The lowest BCUT2D eigenvalue weighted by molar-refractivity contribution is 0.956. The second-order valence-corrected chi connectivity index (χ2v) is 5.64. The molecule has 0 amide bonds. The standard InChI is InChI=1S/C14H15BrN4/c1-8-12(15)13(16)18-14(17-8)10-3-4-11-9(7-10)5-6-19(11)2/h3-4,7H,5-6H2,1-2H3,(H2,16,17,18). The highest BCUT2D eigenvalue weighted by Gasteiger charge is 2.17. The Morgan fingerprint density at radius 3 is 2.84 bits per heavy atom. The number of anilines is 2. The fourth-order valence-electron chi connectivity index (χ4n) is 2.42. The summed E-state index contributed by atoms with van der Waals surface area (Å²) in [6.07, 6.45) is 1.07. The van der Waals surface area contributed by atoms with Crippen molar-refractivity contribution >= 4 is 27.4 Å². The van der Waals surface area contributed by atoms with Crippen LogP contribution in [0.2, 0.25) is 0 Å². The third-order valence-corrected chi connectivity index (χ3v) is 4.49. The highest BCUT2D eigenvalue weighted by molar-refractivity contribution is 9.10. The van der Waals surface area contributed by atoms with Crippen molar-refractivity contribution in [2.75, 3.05) is 24.2 Å². The van der Waals surface area contributed by atoms with Gasteiger partial charge < -0.3 is 10.6 Å². The topological polar surface area (TPSA) is 55.0 Å². The molecule has 0 saturated heterocycles. The largest absolute Gasteiger partial charge is 0.383 e. The van der Waals surface area contributed by atoms with Crippen molar-refractivity contribution in [1.82, 2.24) is 9.97 Å². The molecule has 0 unspecified atom stereocenters. The Kier molecular flexibility index (Phi) is 2.93. The van der Waals surface area contributed by atoms with Gasteiger partial charge in [0.2, 0.25) is 0 Å². The quantitative estimate of drug-likeness (QED) is 0.878. The number of nitrogens with two attached hydrogens (primary N) is 1. The van der Waals surface area contributed by atoms with E-state index in [1.165, 1.54) is 11.3 Å². The average Bonchev–Trinajstić information content (AvgIpc) is 2.76. The van der Waals surface area contributed by atoms with Gasteiger partial charge in [0.05, 0.1) is 10.2 Å². The summed E-state index contributed by atoms with van der Waals surface area (Å²) in [6, 6.07) is 6.36. The van der Waals surface area contributed by atoms with Crippen LogP contribution in [-0.4, -0.2) is 23.6 Å². The zero-order valence-electron chi connectivity index (χ0n) is 10.9. The molecule has 3 rings (SSSR count). The molecule has 1 aromatic heterocycles. The lowest BCUT2D eigenvalue weighted by atomic mass is 10.1. The molecule has 0 atom stereocenters. The molecule has 1 aliphatic rings. The SMILES string of the molecule is Cc1nc(-c2ccc3c(c2)CCN3C)nc(N)c1Br. The number of aromatic nitrogens is 2. The van der Waals surface area contributed by atoms with Gasteiger partial charge in [-0.2, -0.15) is 0 Å². The van der Waals surface area contributed by atoms with E-state index >= 15 is 0 Å². The maximum atomic E-state index is 5.89. The molecule has 0 saturated carbocycles. The molecule has 0 fully saturated rings. The van der Waals surface area contributed by atoms with Crippen molar-refractivity contribution in [3.63, 3.8) is 0 Å². The van der Waals surface area contributed by atoms with E-state index in [4.69, 9.17) is 5.73 Å². The second-order valence-electron chi connectivity index (χ2n) is 4.85. The number of hydrogen-bond acceptors (Lipinski definition) is 4. The maximum absolute atomic E-state index is 5.89. The number of aryl methyl sites for hydroxylation is 1.